The highest BCUT2D eigenvalue weighted by molar-refractivity contribution is 5.57. The maximum atomic E-state index is 8.89. The standard InChI is InChI=1S/C13H18N2/c1-9-6-11(3)13(7-10(9)2)15(5)12(4)8-14/h6-7,12H,1-5H3. The number of nitriles is 1. The van der Waals surface area contributed by atoms with Gasteiger partial charge in [-0.3, -0.25) is 0 Å². The Hall–Kier alpha value is -1.49. The first-order valence-corrected chi connectivity index (χ1v) is 5.17. The van der Waals surface area contributed by atoms with Gasteiger partial charge in [-0.25, -0.2) is 0 Å². The van der Waals surface area contributed by atoms with Crippen LogP contribution in [0, 0.1) is 32.1 Å². The van der Waals surface area contributed by atoms with Gasteiger partial charge in [-0.05, 0) is 50.5 Å². The lowest BCUT2D eigenvalue weighted by Gasteiger charge is -2.24. The minimum absolute atomic E-state index is 0.0918. The number of benzene rings is 1. The van der Waals surface area contributed by atoms with Gasteiger partial charge in [0.05, 0.1) is 6.07 Å². The van der Waals surface area contributed by atoms with Crippen LogP contribution in [-0.4, -0.2) is 13.1 Å². The Bertz CT molecular complexity index is 402. The van der Waals surface area contributed by atoms with E-state index >= 15 is 0 Å². The molecule has 0 aromatic heterocycles. The maximum absolute atomic E-state index is 8.89. The SMILES string of the molecule is Cc1cc(C)c(N(C)C(C)C#N)cc1C. The van der Waals surface area contributed by atoms with E-state index in [9.17, 15) is 0 Å². The van der Waals surface area contributed by atoms with E-state index in [0.717, 1.165) is 5.69 Å². The molecule has 1 aromatic carbocycles. The number of nitrogens with zero attached hydrogens (tertiary/aromatic N) is 2. The Morgan fingerprint density at radius 1 is 1.13 bits per heavy atom. The van der Waals surface area contributed by atoms with Crippen molar-refractivity contribution < 1.29 is 0 Å². The third-order valence-corrected chi connectivity index (χ3v) is 2.96. The summed E-state index contributed by atoms with van der Waals surface area (Å²) in [5, 5.41) is 8.89. The second-order valence-corrected chi connectivity index (χ2v) is 4.14. The Labute approximate surface area is 92.1 Å². The molecule has 1 aromatic rings. The van der Waals surface area contributed by atoms with Crippen molar-refractivity contribution in [3.05, 3.63) is 28.8 Å². The highest BCUT2D eigenvalue weighted by Gasteiger charge is 2.11. The van der Waals surface area contributed by atoms with Gasteiger partial charge in [0, 0.05) is 12.7 Å². The fraction of sp³-hybridized carbons (Fsp3) is 0.462. The molecule has 2 heteroatoms. The molecule has 0 bridgehead atoms. The van der Waals surface area contributed by atoms with Crippen molar-refractivity contribution in [1.29, 1.82) is 5.26 Å². The molecule has 0 saturated heterocycles. The number of aryl methyl sites for hydroxylation is 3. The molecule has 1 unspecified atom stereocenters. The first-order valence-electron chi connectivity index (χ1n) is 5.17. The van der Waals surface area contributed by atoms with E-state index in [0.29, 0.717) is 0 Å². The van der Waals surface area contributed by atoms with Crippen LogP contribution in [0.2, 0.25) is 0 Å². The Balaban J connectivity index is 3.16. The molecule has 0 amide bonds. The smallest absolute Gasteiger partial charge is 0.113 e. The van der Waals surface area contributed by atoms with Crippen LogP contribution < -0.4 is 4.90 Å². The minimum atomic E-state index is -0.0918. The Kier molecular flexibility index (Phi) is 3.36. The van der Waals surface area contributed by atoms with Crippen LogP contribution in [0.3, 0.4) is 0 Å². The number of anilines is 1. The molecule has 0 aliphatic rings. The summed E-state index contributed by atoms with van der Waals surface area (Å²) in [6, 6.07) is 6.48. The normalized spacial score (nSPS) is 12.0. The quantitative estimate of drug-likeness (QED) is 0.737. The zero-order valence-corrected chi connectivity index (χ0v) is 10.1. The zero-order chi connectivity index (χ0) is 11.6. The minimum Gasteiger partial charge on any atom is -0.359 e. The Morgan fingerprint density at radius 3 is 2.20 bits per heavy atom. The summed E-state index contributed by atoms with van der Waals surface area (Å²) >= 11 is 0. The molecular weight excluding hydrogens is 184 g/mol. The lowest BCUT2D eigenvalue weighted by Crippen LogP contribution is -2.27. The second-order valence-electron chi connectivity index (χ2n) is 4.14. The molecule has 80 valence electrons. The molecular formula is C13H18N2. The predicted molar refractivity (Wildman–Crippen MR) is 64.1 cm³/mol. The van der Waals surface area contributed by atoms with Crippen molar-refractivity contribution in [2.75, 3.05) is 11.9 Å². The van der Waals surface area contributed by atoms with Gasteiger partial charge in [-0.2, -0.15) is 5.26 Å². The zero-order valence-electron chi connectivity index (χ0n) is 10.1. The van der Waals surface area contributed by atoms with Crippen molar-refractivity contribution in [1.82, 2.24) is 0 Å². The molecule has 0 fully saturated rings. The van der Waals surface area contributed by atoms with Crippen LogP contribution in [0.25, 0.3) is 0 Å². The van der Waals surface area contributed by atoms with Crippen molar-refractivity contribution >= 4 is 5.69 Å². The van der Waals surface area contributed by atoms with Gasteiger partial charge in [-0.1, -0.05) is 6.07 Å². The summed E-state index contributed by atoms with van der Waals surface area (Å²) < 4.78 is 0. The summed E-state index contributed by atoms with van der Waals surface area (Å²) in [7, 11) is 1.96. The van der Waals surface area contributed by atoms with Crippen molar-refractivity contribution in [2.24, 2.45) is 0 Å². The van der Waals surface area contributed by atoms with E-state index in [4.69, 9.17) is 5.26 Å². The van der Waals surface area contributed by atoms with Gasteiger partial charge in [0.2, 0.25) is 0 Å². The average molecular weight is 202 g/mol. The summed E-state index contributed by atoms with van der Waals surface area (Å²) in [5.41, 5.74) is 4.94. The predicted octanol–water partition coefficient (Wildman–Crippen LogP) is 2.96. The molecule has 0 N–H and O–H groups in total. The largest absolute Gasteiger partial charge is 0.359 e. The van der Waals surface area contributed by atoms with Gasteiger partial charge >= 0.3 is 0 Å². The van der Waals surface area contributed by atoms with Crippen LogP contribution in [0.1, 0.15) is 23.6 Å². The topological polar surface area (TPSA) is 27.0 Å². The maximum Gasteiger partial charge on any atom is 0.113 e. The van der Waals surface area contributed by atoms with Crippen LogP contribution in [0.15, 0.2) is 12.1 Å². The highest BCUT2D eigenvalue weighted by Crippen LogP contribution is 2.24. The first kappa shape index (κ1) is 11.6. The molecule has 1 atom stereocenters. The number of rotatable bonds is 2. The van der Waals surface area contributed by atoms with E-state index in [1.807, 2.05) is 18.9 Å². The molecule has 0 spiro atoms. The Morgan fingerprint density at radius 2 is 1.67 bits per heavy atom. The van der Waals surface area contributed by atoms with E-state index < -0.39 is 0 Å². The van der Waals surface area contributed by atoms with Gasteiger partial charge in [0.15, 0.2) is 0 Å². The van der Waals surface area contributed by atoms with Crippen LogP contribution in [0.4, 0.5) is 5.69 Å². The van der Waals surface area contributed by atoms with Gasteiger partial charge in [0.25, 0.3) is 0 Å². The second kappa shape index (κ2) is 4.35. The molecule has 15 heavy (non-hydrogen) atoms. The van der Waals surface area contributed by atoms with Crippen LogP contribution >= 0.6 is 0 Å². The van der Waals surface area contributed by atoms with E-state index in [1.165, 1.54) is 16.7 Å². The van der Waals surface area contributed by atoms with Crippen molar-refractivity contribution in [3.63, 3.8) is 0 Å². The first-order chi connectivity index (χ1) is 6.97. The molecule has 0 aliphatic carbocycles. The summed E-state index contributed by atoms with van der Waals surface area (Å²) in [5.74, 6) is 0. The fourth-order valence-corrected chi connectivity index (χ4v) is 1.62. The van der Waals surface area contributed by atoms with Gasteiger partial charge in [-0.15, -0.1) is 0 Å². The third kappa shape index (κ3) is 2.30. The number of hydrogen-bond donors (Lipinski definition) is 0. The molecule has 1 rings (SSSR count). The lowest BCUT2D eigenvalue weighted by molar-refractivity contribution is 0.831. The van der Waals surface area contributed by atoms with E-state index in [1.54, 1.807) is 0 Å². The molecule has 0 aliphatic heterocycles. The van der Waals surface area contributed by atoms with E-state index in [2.05, 4.69) is 39.0 Å². The summed E-state index contributed by atoms with van der Waals surface area (Å²) in [6.07, 6.45) is 0. The average Bonchev–Trinajstić information content (AvgIpc) is 2.21. The lowest BCUT2D eigenvalue weighted by atomic mass is 10.0. The van der Waals surface area contributed by atoms with Crippen LogP contribution in [-0.2, 0) is 0 Å². The molecule has 0 heterocycles. The highest BCUT2D eigenvalue weighted by atomic mass is 15.1. The van der Waals surface area contributed by atoms with Crippen LogP contribution in [0.5, 0.6) is 0 Å². The summed E-state index contributed by atoms with van der Waals surface area (Å²) in [6.45, 7) is 8.21. The fourth-order valence-electron chi connectivity index (χ4n) is 1.62. The van der Waals surface area contributed by atoms with E-state index in [-0.39, 0.29) is 6.04 Å². The molecule has 2 nitrogen and oxygen atoms in total. The van der Waals surface area contributed by atoms with Crippen molar-refractivity contribution in [2.45, 2.75) is 33.7 Å². The monoisotopic (exact) mass is 202 g/mol. The van der Waals surface area contributed by atoms with Gasteiger partial charge < -0.3 is 4.90 Å². The van der Waals surface area contributed by atoms with Crippen molar-refractivity contribution in [3.8, 4) is 6.07 Å². The third-order valence-electron chi connectivity index (χ3n) is 2.96. The summed E-state index contributed by atoms with van der Waals surface area (Å²) in [4.78, 5) is 2.02. The molecule has 0 saturated carbocycles. The van der Waals surface area contributed by atoms with Gasteiger partial charge in [0.1, 0.15) is 6.04 Å². The molecule has 0 radical (unpaired) electrons. The number of hydrogen-bond acceptors (Lipinski definition) is 2.